The summed E-state index contributed by atoms with van der Waals surface area (Å²) in [6.07, 6.45) is 0.979. The summed E-state index contributed by atoms with van der Waals surface area (Å²) >= 11 is 0. The number of hydrogen-bond donors (Lipinski definition) is 2. The average Bonchev–Trinajstić information content (AvgIpc) is 3.00. The Balaban J connectivity index is 1.96. The predicted octanol–water partition coefficient (Wildman–Crippen LogP) is 0.0818. The van der Waals surface area contributed by atoms with Crippen LogP contribution in [0.15, 0.2) is 18.2 Å². The van der Waals surface area contributed by atoms with E-state index in [1.807, 2.05) is 23.9 Å². The van der Waals surface area contributed by atoms with Crippen molar-refractivity contribution in [2.24, 2.45) is 7.05 Å². The zero-order valence-corrected chi connectivity index (χ0v) is 14.7. The van der Waals surface area contributed by atoms with Crippen LogP contribution in [0.3, 0.4) is 0 Å². The number of rotatable bonds is 6. The molecule has 8 nitrogen and oxygen atoms in total. The highest BCUT2D eigenvalue weighted by molar-refractivity contribution is 6.01. The molecular weight excluding hydrogens is 320 g/mol. The number of aromatic nitrogens is 2. The van der Waals surface area contributed by atoms with Gasteiger partial charge in [0.05, 0.1) is 11.2 Å². The average molecular weight is 344 g/mol. The van der Waals surface area contributed by atoms with Crippen LogP contribution in [0.2, 0.25) is 0 Å². The summed E-state index contributed by atoms with van der Waals surface area (Å²) < 4.78 is 1.82. The molecule has 0 bridgehead atoms. The summed E-state index contributed by atoms with van der Waals surface area (Å²) in [5.41, 5.74) is 2.13. The second-order valence-corrected chi connectivity index (χ2v) is 6.08. The largest absolute Gasteiger partial charge is 0.367 e. The molecule has 0 radical (unpaired) electrons. The first-order valence-electron chi connectivity index (χ1n) is 8.49. The van der Waals surface area contributed by atoms with Crippen molar-refractivity contribution in [2.45, 2.75) is 6.42 Å². The minimum atomic E-state index is -0.103. The zero-order valence-electron chi connectivity index (χ0n) is 14.7. The van der Waals surface area contributed by atoms with Gasteiger partial charge in [0.15, 0.2) is 5.82 Å². The van der Waals surface area contributed by atoms with Gasteiger partial charge in [-0.25, -0.2) is 0 Å². The van der Waals surface area contributed by atoms with E-state index in [1.54, 1.807) is 7.05 Å². The van der Waals surface area contributed by atoms with E-state index in [9.17, 15) is 9.59 Å². The van der Waals surface area contributed by atoms with Crippen molar-refractivity contribution in [3.63, 3.8) is 0 Å². The molecule has 0 aliphatic carbocycles. The Morgan fingerprint density at radius 2 is 2.16 bits per heavy atom. The van der Waals surface area contributed by atoms with Gasteiger partial charge in [0, 0.05) is 58.6 Å². The van der Waals surface area contributed by atoms with Gasteiger partial charge in [-0.05, 0) is 12.1 Å². The highest BCUT2D eigenvalue weighted by Gasteiger charge is 2.21. The third-order valence-corrected chi connectivity index (χ3v) is 4.54. The van der Waals surface area contributed by atoms with Crippen LogP contribution in [0.1, 0.15) is 6.42 Å². The first kappa shape index (κ1) is 17.2. The van der Waals surface area contributed by atoms with Crippen LogP contribution in [0.4, 0.5) is 11.5 Å². The molecule has 2 heterocycles. The number of piperazine rings is 1. The second kappa shape index (κ2) is 7.52. The Labute approximate surface area is 146 Å². The van der Waals surface area contributed by atoms with Gasteiger partial charge < -0.3 is 15.5 Å². The molecule has 1 fully saturated rings. The van der Waals surface area contributed by atoms with Gasteiger partial charge in [-0.15, -0.1) is 0 Å². The molecule has 0 atom stereocenters. The fraction of sp³-hybridized carbons (Fsp3) is 0.471. The van der Waals surface area contributed by atoms with Crippen LogP contribution >= 0.6 is 0 Å². The van der Waals surface area contributed by atoms with Crippen LogP contribution in [0.25, 0.3) is 10.9 Å². The molecule has 0 unspecified atom stereocenters. The van der Waals surface area contributed by atoms with E-state index in [0.717, 1.165) is 49.2 Å². The molecule has 1 aromatic carbocycles. The molecule has 1 aliphatic heterocycles. The van der Waals surface area contributed by atoms with E-state index in [2.05, 4.69) is 26.7 Å². The summed E-state index contributed by atoms with van der Waals surface area (Å²) in [4.78, 5) is 26.9. The van der Waals surface area contributed by atoms with Gasteiger partial charge in [-0.1, -0.05) is 6.07 Å². The maximum Gasteiger partial charge on any atom is 0.221 e. The quantitative estimate of drug-likeness (QED) is 0.726. The lowest BCUT2D eigenvalue weighted by atomic mass is 10.1. The number of nitrogens with zero attached hydrogens (tertiary/aromatic N) is 4. The Morgan fingerprint density at radius 3 is 2.84 bits per heavy atom. The van der Waals surface area contributed by atoms with Crippen molar-refractivity contribution < 1.29 is 9.59 Å². The highest BCUT2D eigenvalue weighted by Crippen LogP contribution is 2.32. The van der Waals surface area contributed by atoms with Crippen LogP contribution < -0.4 is 20.4 Å². The van der Waals surface area contributed by atoms with E-state index in [0.29, 0.717) is 12.4 Å². The molecule has 8 heteroatoms. The minimum Gasteiger partial charge on any atom is -0.367 e. The molecule has 0 saturated carbocycles. The standard InChI is InChI=1S/C17H24N6O2/c1-18-15(25)6-9-23(12-24)17-13-4-3-5-14(16(13)21(2)20-17)22-10-7-19-8-11-22/h3-5,12,19H,6-11H2,1-2H3,(H,18,25). The lowest BCUT2D eigenvalue weighted by molar-refractivity contribution is -0.120. The number of benzene rings is 1. The number of carbonyl (C=O) groups excluding carboxylic acids is 2. The molecule has 1 saturated heterocycles. The first-order valence-corrected chi connectivity index (χ1v) is 8.49. The number of fused-ring (bicyclic) bond motifs is 1. The first-order chi connectivity index (χ1) is 12.2. The fourth-order valence-electron chi connectivity index (χ4n) is 3.23. The molecule has 2 N–H and O–H groups in total. The molecule has 1 aliphatic rings. The monoisotopic (exact) mass is 344 g/mol. The number of para-hydroxylation sites is 1. The van der Waals surface area contributed by atoms with E-state index < -0.39 is 0 Å². The van der Waals surface area contributed by atoms with Crippen molar-refractivity contribution >= 4 is 34.7 Å². The number of amides is 2. The maximum atomic E-state index is 11.6. The predicted molar refractivity (Wildman–Crippen MR) is 97.9 cm³/mol. The molecule has 134 valence electrons. The van der Waals surface area contributed by atoms with Crippen molar-refractivity contribution in [3.05, 3.63) is 18.2 Å². The van der Waals surface area contributed by atoms with Gasteiger partial charge in [0.25, 0.3) is 0 Å². The summed E-state index contributed by atoms with van der Waals surface area (Å²) in [7, 11) is 3.47. The second-order valence-electron chi connectivity index (χ2n) is 6.08. The van der Waals surface area contributed by atoms with Crippen LogP contribution in [-0.4, -0.2) is 61.9 Å². The van der Waals surface area contributed by atoms with Gasteiger partial charge in [-0.2, -0.15) is 5.10 Å². The minimum absolute atomic E-state index is 0.103. The van der Waals surface area contributed by atoms with Gasteiger partial charge in [-0.3, -0.25) is 19.2 Å². The van der Waals surface area contributed by atoms with Crippen LogP contribution in [-0.2, 0) is 16.6 Å². The van der Waals surface area contributed by atoms with E-state index in [4.69, 9.17) is 0 Å². The van der Waals surface area contributed by atoms with Crippen molar-refractivity contribution in [2.75, 3.05) is 49.6 Å². The maximum absolute atomic E-state index is 11.6. The Bertz CT molecular complexity index is 766. The summed E-state index contributed by atoms with van der Waals surface area (Å²) in [6, 6.07) is 6.06. The molecule has 2 amide bonds. The molecular formula is C17H24N6O2. The van der Waals surface area contributed by atoms with Gasteiger partial charge in [0.1, 0.15) is 0 Å². The van der Waals surface area contributed by atoms with E-state index in [-0.39, 0.29) is 12.3 Å². The third-order valence-electron chi connectivity index (χ3n) is 4.54. The van der Waals surface area contributed by atoms with Gasteiger partial charge >= 0.3 is 0 Å². The SMILES string of the molecule is CNC(=O)CCN(C=O)c1nn(C)c2c(N3CCNCC3)cccc12. The zero-order chi connectivity index (χ0) is 17.8. The summed E-state index contributed by atoms with van der Waals surface area (Å²) in [5, 5.41) is 11.4. The smallest absolute Gasteiger partial charge is 0.221 e. The summed E-state index contributed by atoms with van der Waals surface area (Å²) in [5.74, 6) is 0.488. The Hall–Kier alpha value is -2.61. The number of aryl methyl sites for hydroxylation is 1. The van der Waals surface area contributed by atoms with Crippen LogP contribution in [0.5, 0.6) is 0 Å². The fourth-order valence-corrected chi connectivity index (χ4v) is 3.23. The molecule has 3 rings (SSSR count). The van der Waals surface area contributed by atoms with E-state index in [1.165, 1.54) is 4.90 Å². The van der Waals surface area contributed by atoms with Crippen molar-refractivity contribution in [1.82, 2.24) is 20.4 Å². The molecule has 25 heavy (non-hydrogen) atoms. The number of hydrogen-bond acceptors (Lipinski definition) is 5. The van der Waals surface area contributed by atoms with Crippen molar-refractivity contribution in [3.8, 4) is 0 Å². The number of carbonyl (C=O) groups is 2. The van der Waals surface area contributed by atoms with Gasteiger partial charge in [0.2, 0.25) is 12.3 Å². The van der Waals surface area contributed by atoms with Crippen molar-refractivity contribution in [1.29, 1.82) is 0 Å². The number of nitrogens with one attached hydrogen (secondary N) is 2. The Kier molecular flexibility index (Phi) is 5.18. The van der Waals surface area contributed by atoms with E-state index >= 15 is 0 Å². The lowest BCUT2D eigenvalue weighted by Gasteiger charge is -2.30. The molecule has 0 spiro atoms. The summed E-state index contributed by atoms with van der Waals surface area (Å²) in [6.45, 7) is 4.08. The topological polar surface area (TPSA) is 82.5 Å². The Morgan fingerprint density at radius 1 is 1.40 bits per heavy atom. The molecule has 2 aromatic rings. The number of anilines is 2. The highest BCUT2D eigenvalue weighted by atomic mass is 16.2. The normalized spacial score (nSPS) is 14.6. The molecule has 1 aromatic heterocycles. The van der Waals surface area contributed by atoms with Crippen LogP contribution in [0, 0.1) is 0 Å². The third kappa shape index (κ3) is 3.43. The lowest BCUT2D eigenvalue weighted by Crippen LogP contribution is -2.43.